The number of nitrogens with zero attached hydrogens (tertiary/aromatic N) is 7. The highest BCUT2D eigenvalue weighted by atomic mass is 16.2. The Hall–Kier alpha value is -3.03. The number of rotatable bonds is 3. The van der Waals surface area contributed by atoms with Crippen LogP contribution in [0.5, 0.6) is 0 Å². The van der Waals surface area contributed by atoms with E-state index in [-0.39, 0.29) is 5.91 Å². The number of hydrogen-bond acceptors (Lipinski definition) is 6. The zero-order chi connectivity index (χ0) is 18.1. The molecule has 0 unspecified atom stereocenters. The topological polar surface area (TPSA) is 79.5 Å². The van der Waals surface area contributed by atoms with Crippen LogP contribution in [0, 0.1) is 0 Å². The molecule has 0 bridgehead atoms. The zero-order valence-electron chi connectivity index (χ0n) is 14.9. The Morgan fingerprint density at radius 3 is 2.88 bits per heavy atom. The zero-order valence-corrected chi connectivity index (χ0v) is 14.9. The van der Waals surface area contributed by atoms with Gasteiger partial charge in [-0.2, -0.15) is 5.10 Å². The van der Waals surface area contributed by atoms with E-state index < -0.39 is 0 Å². The van der Waals surface area contributed by atoms with E-state index in [1.807, 2.05) is 16.6 Å². The minimum Gasteiger partial charge on any atom is -0.356 e. The first-order valence-corrected chi connectivity index (χ1v) is 8.70. The lowest BCUT2D eigenvalue weighted by Crippen LogP contribution is -2.35. The van der Waals surface area contributed by atoms with Gasteiger partial charge in [-0.25, -0.2) is 19.5 Å². The summed E-state index contributed by atoms with van der Waals surface area (Å²) in [6.07, 6.45) is 8.86. The van der Waals surface area contributed by atoms with E-state index in [0.29, 0.717) is 17.1 Å². The number of hydrogen-bond donors (Lipinski definition) is 0. The van der Waals surface area contributed by atoms with E-state index in [1.54, 1.807) is 43.9 Å². The van der Waals surface area contributed by atoms with Crippen LogP contribution in [0.15, 0.2) is 37.1 Å². The van der Waals surface area contributed by atoms with Crippen LogP contribution in [-0.2, 0) is 0 Å². The molecule has 0 aliphatic carbocycles. The average Bonchev–Trinajstić information content (AvgIpc) is 3.12. The highest BCUT2D eigenvalue weighted by molar-refractivity contribution is 5.99. The smallest absolute Gasteiger partial charge is 0.258 e. The number of aromatic nitrogens is 5. The third-order valence-corrected chi connectivity index (χ3v) is 4.80. The maximum Gasteiger partial charge on any atom is 0.258 e. The first-order chi connectivity index (χ1) is 12.6. The quantitative estimate of drug-likeness (QED) is 0.713. The van der Waals surface area contributed by atoms with Crippen molar-refractivity contribution in [3.05, 3.63) is 48.3 Å². The summed E-state index contributed by atoms with van der Waals surface area (Å²) in [5.41, 5.74) is 2.22. The van der Waals surface area contributed by atoms with Crippen molar-refractivity contribution in [2.75, 3.05) is 32.1 Å². The molecule has 26 heavy (non-hydrogen) atoms. The van der Waals surface area contributed by atoms with E-state index in [4.69, 9.17) is 0 Å². The summed E-state index contributed by atoms with van der Waals surface area (Å²) in [4.78, 5) is 28.9. The molecule has 0 N–H and O–H groups in total. The van der Waals surface area contributed by atoms with Gasteiger partial charge in [-0.1, -0.05) is 0 Å². The molecular formula is C18H21N7O. The highest BCUT2D eigenvalue weighted by Crippen LogP contribution is 2.29. The van der Waals surface area contributed by atoms with Crippen LogP contribution in [0.3, 0.4) is 0 Å². The van der Waals surface area contributed by atoms with Gasteiger partial charge < -0.3 is 9.80 Å². The van der Waals surface area contributed by atoms with E-state index in [2.05, 4.69) is 25.0 Å². The lowest BCUT2D eigenvalue weighted by Gasteiger charge is -2.33. The van der Waals surface area contributed by atoms with Crippen LogP contribution in [-0.4, -0.2) is 62.6 Å². The predicted octanol–water partition coefficient (Wildman–Crippen LogP) is 1.61. The Kier molecular flexibility index (Phi) is 4.24. The van der Waals surface area contributed by atoms with E-state index in [1.165, 1.54) is 0 Å². The van der Waals surface area contributed by atoms with Gasteiger partial charge in [0, 0.05) is 45.5 Å². The van der Waals surface area contributed by atoms with Gasteiger partial charge in [0.15, 0.2) is 5.65 Å². The maximum atomic E-state index is 12.4. The second-order valence-corrected chi connectivity index (χ2v) is 6.72. The largest absolute Gasteiger partial charge is 0.356 e. The minimum atomic E-state index is -0.0871. The number of carbonyl (C=O) groups is 1. The van der Waals surface area contributed by atoms with Crippen molar-refractivity contribution in [2.45, 2.75) is 18.8 Å². The molecule has 8 nitrogen and oxygen atoms in total. The average molecular weight is 351 g/mol. The molecule has 4 heterocycles. The van der Waals surface area contributed by atoms with E-state index >= 15 is 0 Å². The van der Waals surface area contributed by atoms with Crippen molar-refractivity contribution in [2.24, 2.45) is 0 Å². The molecular weight excluding hydrogens is 330 g/mol. The normalized spacial score (nSPS) is 17.5. The Balaban J connectivity index is 1.67. The minimum absolute atomic E-state index is 0.0871. The second kappa shape index (κ2) is 6.70. The Morgan fingerprint density at radius 1 is 1.23 bits per heavy atom. The molecule has 3 aromatic heterocycles. The van der Waals surface area contributed by atoms with Crippen molar-refractivity contribution in [3.63, 3.8) is 0 Å². The molecule has 0 radical (unpaired) electrons. The first-order valence-electron chi connectivity index (χ1n) is 8.70. The summed E-state index contributed by atoms with van der Waals surface area (Å²) in [6.45, 7) is 1.83. The molecule has 0 aromatic carbocycles. The van der Waals surface area contributed by atoms with Crippen molar-refractivity contribution >= 4 is 17.4 Å². The van der Waals surface area contributed by atoms with Crippen LogP contribution < -0.4 is 4.90 Å². The molecule has 1 amide bonds. The summed E-state index contributed by atoms with van der Waals surface area (Å²) in [6, 6.07) is 3.93. The molecule has 1 fully saturated rings. The molecule has 134 valence electrons. The Morgan fingerprint density at radius 2 is 2.12 bits per heavy atom. The number of piperidine rings is 1. The summed E-state index contributed by atoms with van der Waals surface area (Å²) in [7, 11) is 3.47. The fourth-order valence-electron chi connectivity index (χ4n) is 3.51. The summed E-state index contributed by atoms with van der Waals surface area (Å²) in [5, 5.41) is 4.46. The summed E-state index contributed by atoms with van der Waals surface area (Å²) >= 11 is 0. The van der Waals surface area contributed by atoms with Crippen molar-refractivity contribution in [1.82, 2.24) is 29.5 Å². The molecule has 0 spiro atoms. The Labute approximate surface area is 151 Å². The van der Waals surface area contributed by atoms with Gasteiger partial charge in [-0.15, -0.1) is 0 Å². The van der Waals surface area contributed by atoms with Crippen molar-refractivity contribution in [3.8, 4) is 0 Å². The SMILES string of the molecule is CN(C)C(=O)c1cnn2c([C@@H]3CCCN(c4ccncn4)C3)ccnc12. The summed E-state index contributed by atoms with van der Waals surface area (Å²) in [5.74, 6) is 1.15. The molecule has 4 rings (SSSR count). The van der Waals surface area contributed by atoms with Gasteiger partial charge in [0.05, 0.1) is 11.9 Å². The van der Waals surface area contributed by atoms with Crippen LogP contribution in [0.1, 0.15) is 34.8 Å². The van der Waals surface area contributed by atoms with Gasteiger partial charge in [0.25, 0.3) is 5.91 Å². The monoisotopic (exact) mass is 351 g/mol. The number of anilines is 1. The van der Waals surface area contributed by atoms with Crippen LogP contribution >= 0.6 is 0 Å². The maximum absolute atomic E-state index is 12.4. The van der Waals surface area contributed by atoms with Crippen molar-refractivity contribution < 1.29 is 4.79 Å². The summed E-state index contributed by atoms with van der Waals surface area (Å²) < 4.78 is 1.81. The van der Waals surface area contributed by atoms with Gasteiger partial charge >= 0.3 is 0 Å². The predicted molar refractivity (Wildman–Crippen MR) is 97.2 cm³/mol. The van der Waals surface area contributed by atoms with Gasteiger partial charge in [0.2, 0.25) is 0 Å². The fraction of sp³-hybridized carbons (Fsp3) is 0.389. The number of carbonyl (C=O) groups excluding carboxylic acids is 1. The van der Waals surface area contributed by atoms with Crippen LogP contribution in [0.4, 0.5) is 5.82 Å². The Bertz CT molecular complexity index is 922. The third-order valence-electron chi connectivity index (χ3n) is 4.80. The van der Waals surface area contributed by atoms with Gasteiger partial charge in [0.1, 0.15) is 17.7 Å². The van der Waals surface area contributed by atoms with Gasteiger partial charge in [-0.05, 0) is 25.0 Å². The highest BCUT2D eigenvalue weighted by Gasteiger charge is 2.26. The third kappa shape index (κ3) is 2.87. The van der Waals surface area contributed by atoms with Crippen LogP contribution in [0.25, 0.3) is 5.65 Å². The lowest BCUT2D eigenvalue weighted by atomic mass is 9.94. The molecule has 1 atom stereocenters. The molecule has 1 aliphatic rings. The van der Waals surface area contributed by atoms with Crippen LogP contribution in [0.2, 0.25) is 0 Å². The van der Waals surface area contributed by atoms with E-state index in [0.717, 1.165) is 37.4 Å². The molecule has 3 aromatic rings. The fourth-order valence-corrected chi connectivity index (χ4v) is 3.51. The lowest BCUT2D eigenvalue weighted by molar-refractivity contribution is 0.0829. The number of fused-ring (bicyclic) bond motifs is 1. The second-order valence-electron chi connectivity index (χ2n) is 6.72. The first kappa shape index (κ1) is 16.4. The van der Waals surface area contributed by atoms with E-state index in [9.17, 15) is 4.79 Å². The van der Waals surface area contributed by atoms with Gasteiger partial charge in [-0.3, -0.25) is 4.79 Å². The molecule has 1 aliphatic heterocycles. The molecule has 0 saturated carbocycles. The molecule has 1 saturated heterocycles. The van der Waals surface area contributed by atoms with Crippen molar-refractivity contribution in [1.29, 1.82) is 0 Å². The number of amides is 1. The molecule has 8 heteroatoms. The standard InChI is InChI=1S/C18H21N7O/c1-23(2)18(26)14-10-22-25-15(5-8-20-17(14)25)13-4-3-9-24(11-13)16-6-7-19-12-21-16/h5-8,10,12-13H,3-4,9,11H2,1-2H3/t13-/m1/s1.